The first kappa shape index (κ1) is 18.3. The molecule has 1 aromatic carbocycles. The highest BCUT2D eigenvalue weighted by molar-refractivity contribution is 5.79. The number of nitrogens with one attached hydrogen (secondary N) is 1. The average Bonchev–Trinajstić information content (AvgIpc) is 3.48. The highest BCUT2D eigenvalue weighted by atomic mass is 16.2. The van der Waals surface area contributed by atoms with E-state index in [-0.39, 0.29) is 17.9 Å². The molecule has 2 heterocycles. The first-order chi connectivity index (χ1) is 13.2. The summed E-state index contributed by atoms with van der Waals surface area (Å²) in [6.07, 6.45) is 3.95. The topological polar surface area (TPSA) is 55.9 Å². The second kappa shape index (κ2) is 8.30. The first-order valence-corrected chi connectivity index (χ1v) is 10.3. The molecule has 3 amide bonds. The Morgan fingerprint density at radius 1 is 1.07 bits per heavy atom. The summed E-state index contributed by atoms with van der Waals surface area (Å²) in [6.45, 7) is 5.88. The molecule has 6 heteroatoms. The minimum absolute atomic E-state index is 0.0232. The lowest BCUT2D eigenvalue weighted by atomic mass is 10.1. The van der Waals surface area contributed by atoms with Gasteiger partial charge in [0.2, 0.25) is 5.91 Å². The fourth-order valence-electron chi connectivity index (χ4n) is 4.13. The molecule has 4 rings (SSSR count). The molecule has 0 bridgehead atoms. The van der Waals surface area contributed by atoms with Crippen LogP contribution in [0.2, 0.25) is 0 Å². The van der Waals surface area contributed by atoms with Crippen LogP contribution in [0.1, 0.15) is 24.8 Å². The van der Waals surface area contributed by atoms with E-state index in [0.29, 0.717) is 19.0 Å². The molecule has 1 unspecified atom stereocenters. The maximum atomic E-state index is 12.4. The van der Waals surface area contributed by atoms with Crippen LogP contribution in [-0.4, -0.2) is 78.5 Å². The second-order valence-corrected chi connectivity index (χ2v) is 8.10. The standard InChI is InChI=1S/C21H30N4O2/c26-20-14-18(16-25(20)19-6-7-19)15-22-21(27)24-12-10-23(11-13-24)9-8-17-4-2-1-3-5-17/h1-5,18-19H,6-16H2,(H,22,27). The summed E-state index contributed by atoms with van der Waals surface area (Å²) in [5.74, 6) is 0.540. The molecule has 27 heavy (non-hydrogen) atoms. The van der Waals surface area contributed by atoms with Gasteiger partial charge in [0.1, 0.15) is 0 Å². The van der Waals surface area contributed by atoms with E-state index < -0.39 is 0 Å². The van der Waals surface area contributed by atoms with Gasteiger partial charge in [-0.05, 0) is 24.8 Å². The van der Waals surface area contributed by atoms with Crippen LogP contribution in [0.5, 0.6) is 0 Å². The van der Waals surface area contributed by atoms with Crippen LogP contribution in [0.4, 0.5) is 4.79 Å². The summed E-state index contributed by atoms with van der Waals surface area (Å²) < 4.78 is 0. The minimum atomic E-state index is 0.0232. The van der Waals surface area contributed by atoms with Crippen molar-refractivity contribution in [1.29, 1.82) is 0 Å². The number of carbonyl (C=O) groups is 2. The molecule has 0 aromatic heterocycles. The fraction of sp³-hybridized carbons (Fsp3) is 0.619. The third-order valence-electron chi connectivity index (χ3n) is 5.99. The Morgan fingerprint density at radius 2 is 1.81 bits per heavy atom. The Kier molecular flexibility index (Phi) is 5.62. The highest BCUT2D eigenvalue weighted by Gasteiger charge is 2.39. The lowest BCUT2D eigenvalue weighted by Crippen LogP contribution is -2.52. The monoisotopic (exact) mass is 370 g/mol. The molecule has 1 aromatic rings. The number of carbonyl (C=O) groups excluding carboxylic acids is 2. The zero-order valence-corrected chi connectivity index (χ0v) is 16.0. The van der Waals surface area contributed by atoms with E-state index in [0.717, 1.165) is 58.5 Å². The van der Waals surface area contributed by atoms with Crippen molar-refractivity contribution in [3.63, 3.8) is 0 Å². The lowest BCUT2D eigenvalue weighted by Gasteiger charge is -2.34. The van der Waals surface area contributed by atoms with Gasteiger partial charge in [0.25, 0.3) is 0 Å². The van der Waals surface area contributed by atoms with E-state index in [9.17, 15) is 9.59 Å². The van der Waals surface area contributed by atoms with Gasteiger partial charge in [-0.1, -0.05) is 30.3 Å². The van der Waals surface area contributed by atoms with Crippen LogP contribution in [0.25, 0.3) is 0 Å². The summed E-state index contributed by atoms with van der Waals surface area (Å²) in [5.41, 5.74) is 1.36. The predicted octanol–water partition coefficient (Wildman–Crippen LogP) is 1.57. The molecule has 1 N–H and O–H groups in total. The van der Waals surface area contributed by atoms with Crippen molar-refractivity contribution in [2.24, 2.45) is 5.92 Å². The van der Waals surface area contributed by atoms with E-state index in [1.807, 2.05) is 15.9 Å². The van der Waals surface area contributed by atoms with Crippen molar-refractivity contribution < 1.29 is 9.59 Å². The van der Waals surface area contributed by atoms with Gasteiger partial charge in [-0.2, -0.15) is 0 Å². The molecular formula is C21H30N4O2. The quantitative estimate of drug-likeness (QED) is 0.827. The van der Waals surface area contributed by atoms with Gasteiger partial charge in [-0.3, -0.25) is 9.69 Å². The summed E-state index contributed by atoms with van der Waals surface area (Å²) in [6, 6.07) is 11.1. The largest absolute Gasteiger partial charge is 0.339 e. The van der Waals surface area contributed by atoms with Crippen molar-refractivity contribution in [2.75, 3.05) is 45.8 Å². The zero-order valence-electron chi connectivity index (χ0n) is 16.0. The maximum absolute atomic E-state index is 12.4. The Hall–Kier alpha value is -2.08. The molecule has 1 atom stereocenters. The number of hydrogen-bond donors (Lipinski definition) is 1. The summed E-state index contributed by atoms with van der Waals surface area (Å²) in [7, 11) is 0. The molecule has 2 saturated heterocycles. The number of likely N-dealkylation sites (tertiary alicyclic amines) is 1. The molecule has 2 aliphatic heterocycles. The zero-order chi connectivity index (χ0) is 18.6. The van der Waals surface area contributed by atoms with Crippen molar-refractivity contribution in [1.82, 2.24) is 20.0 Å². The Labute approximate surface area is 161 Å². The molecule has 1 saturated carbocycles. The number of rotatable bonds is 6. The fourth-order valence-corrected chi connectivity index (χ4v) is 4.13. The van der Waals surface area contributed by atoms with Gasteiger partial charge in [0.15, 0.2) is 0 Å². The van der Waals surface area contributed by atoms with E-state index in [4.69, 9.17) is 0 Å². The van der Waals surface area contributed by atoms with Crippen LogP contribution in [0.15, 0.2) is 30.3 Å². The van der Waals surface area contributed by atoms with Crippen LogP contribution in [0, 0.1) is 5.92 Å². The highest BCUT2D eigenvalue weighted by Crippen LogP contribution is 2.32. The van der Waals surface area contributed by atoms with E-state index in [1.54, 1.807) is 0 Å². The van der Waals surface area contributed by atoms with Gasteiger partial charge >= 0.3 is 6.03 Å². The van der Waals surface area contributed by atoms with Gasteiger partial charge < -0.3 is 15.1 Å². The summed E-state index contributed by atoms with van der Waals surface area (Å²) >= 11 is 0. The molecule has 6 nitrogen and oxygen atoms in total. The molecule has 3 fully saturated rings. The van der Waals surface area contributed by atoms with Crippen molar-refractivity contribution in [2.45, 2.75) is 31.7 Å². The minimum Gasteiger partial charge on any atom is -0.339 e. The number of urea groups is 1. The molecule has 146 valence electrons. The molecule has 0 spiro atoms. The number of piperazine rings is 1. The number of nitrogens with zero attached hydrogens (tertiary/aromatic N) is 3. The van der Waals surface area contributed by atoms with Crippen LogP contribution >= 0.6 is 0 Å². The number of amides is 3. The molecule has 3 aliphatic rings. The van der Waals surface area contributed by atoms with Crippen LogP contribution in [0.3, 0.4) is 0 Å². The van der Waals surface area contributed by atoms with Gasteiger partial charge in [-0.15, -0.1) is 0 Å². The van der Waals surface area contributed by atoms with Crippen LogP contribution in [-0.2, 0) is 11.2 Å². The SMILES string of the molecule is O=C(NCC1CC(=O)N(C2CC2)C1)N1CCN(CCc2ccccc2)CC1. The van der Waals surface area contributed by atoms with Crippen molar-refractivity contribution in [3.05, 3.63) is 35.9 Å². The Bertz CT molecular complexity index is 653. The second-order valence-electron chi connectivity index (χ2n) is 8.10. The first-order valence-electron chi connectivity index (χ1n) is 10.3. The number of benzene rings is 1. The Balaban J connectivity index is 1.14. The van der Waals surface area contributed by atoms with Crippen molar-refractivity contribution >= 4 is 11.9 Å². The van der Waals surface area contributed by atoms with Gasteiger partial charge in [0, 0.05) is 64.2 Å². The summed E-state index contributed by atoms with van der Waals surface area (Å²) in [4.78, 5) is 30.8. The third kappa shape index (κ3) is 4.80. The number of hydrogen-bond acceptors (Lipinski definition) is 3. The maximum Gasteiger partial charge on any atom is 0.317 e. The Morgan fingerprint density at radius 3 is 2.52 bits per heavy atom. The predicted molar refractivity (Wildman–Crippen MR) is 104 cm³/mol. The third-order valence-corrected chi connectivity index (χ3v) is 5.99. The summed E-state index contributed by atoms with van der Waals surface area (Å²) in [5, 5.41) is 3.06. The average molecular weight is 370 g/mol. The lowest BCUT2D eigenvalue weighted by molar-refractivity contribution is -0.128. The molecule has 0 radical (unpaired) electrons. The van der Waals surface area contributed by atoms with E-state index in [2.05, 4.69) is 34.5 Å². The molecule has 1 aliphatic carbocycles. The molecular weight excluding hydrogens is 340 g/mol. The van der Waals surface area contributed by atoms with Crippen LogP contribution < -0.4 is 5.32 Å². The van der Waals surface area contributed by atoms with Crippen molar-refractivity contribution in [3.8, 4) is 0 Å². The smallest absolute Gasteiger partial charge is 0.317 e. The van der Waals surface area contributed by atoms with Gasteiger partial charge in [0.05, 0.1) is 0 Å². The van der Waals surface area contributed by atoms with Gasteiger partial charge in [-0.25, -0.2) is 4.79 Å². The van der Waals surface area contributed by atoms with E-state index >= 15 is 0 Å². The van der Waals surface area contributed by atoms with E-state index in [1.165, 1.54) is 5.56 Å². The normalized spacial score (nSPS) is 23.7.